The second kappa shape index (κ2) is 5.48. The zero-order valence-corrected chi connectivity index (χ0v) is 11.3. The van der Waals surface area contributed by atoms with Crippen LogP contribution in [0.2, 0.25) is 0 Å². The van der Waals surface area contributed by atoms with Crippen molar-refractivity contribution in [2.24, 2.45) is 11.1 Å². The minimum Gasteiger partial charge on any atom is -0.350 e. The Balaban J connectivity index is 4.35. The second-order valence-corrected chi connectivity index (χ2v) is 6.24. The number of hydrogen-bond donors (Lipinski definition) is 2. The highest BCUT2D eigenvalue weighted by molar-refractivity contribution is 5.82. The molecule has 0 rings (SSSR count). The van der Waals surface area contributed by atoms with Crippen LogP contribution in [0.5, 0.6) is 0 Å². The summed E-state index contributed by atoms with van der Waals surface area (Å²) in [4.78, 5) is 11.8. The number of amides is 1. The monoisotopic (exact) mass is 226 g/mol. The molecule has 3 nitrogen and oxygen atoms in total. The summed E-state index contributed by atoms with van der Waals surface area (Å²) in [6.45, 7) is 14.1. The average molecular weight is 226 g/mol. The molecule has 3 N–H and O–H groups in total. The van der Waals surface area contributed by atoms with Crippen LogP contribution in [0.3, 0.4) is 0 Å². The topological polar surface area (TPSA) is 55.1 Å². The second-order valence-electron chi connectivity index (χ2n) is 6.24. The number of nitrogens with two attached hydrogens (primary N) is 1. The smallest absolute Gasteiger partial charge is 0.237 e. The van der Waals surface area contributed by atoms with E-state index in [2.05, 4.69) is 32.7 Å². The molecule has 0 spiro atoms. The summed E-state index contributed by atoms with van der Waals surface area (Å²) in [5.41, 5.74) is 5.67. The van der Waals surface area contributed by atoms with Crippen LogP contribution < -0.4 is 11.1 Å². The molecule has 3 heteroatoms. The van der Waals surface area contributed by atoms with Crippen molar-refractivity contribution in [1.29, 1.82) is 0 Å². The van der Waals surface area contributed by atoms with E-state index in [1.807, 2.05) is 13.8 Å². The fourth-order valence-corrected chi connectivity index (χ4v) is 2.08. The number of nitrogens with one attached hydrogen (secondary N) is 1. The molecule has 0 aliphatic rings. The Morgan fingerprint density at radius 2 is 1.88 bits per heavy atom. The highest BCUT2D eigenvalue weighted by atomic mass is 16.2. The summed E-state index contributed by atoms with van der Waals surface area (Å²) < 4.78 is 0. The van der Waals surface area contributed by atoms with Gasteiger partial charge in [0.25, 0.3) is 0 Å². The first-order chi connectivity index (χ1) is 7.07. The van der Waals surface area contributed by atoms with E-state index in [4.69, 9.17) is 5.73 Å². The van der Waals surface area contributed by atoms with Gasteiger partial charge in [0.15, 0.2) is 0 Å². The molecule has 0 heterocycles. The van der Waals surface area contributed by atoms with Crippen LogP contribution in [-0.4, -0.2) is 17.5 Å². The standard InChI is InChI=1S/C13H26N2O/c1-7-8-10(14)11(16)15-13(5,6)9-12(2,3)4/h7,10H,1,8-9,14H2,2-6H3,(H,15,16). The molecule has 16 heavy (non-hydrogen) atoms. The van der Waals surface area contributed by atoms with Gasteiger partial charge in [-0.2, -0.15) is 0 Å². The molecule has 0 saturated carbocycles. The predicted molar refractivity (Wildman–Crippen MR) is 69.1 cm³/mol. The van der Waals surface area contributed by atoms with Gasteiger partial charge >= 0.3 is 0 Å². The van der Waals surface area contributed by atoms with Gasteiger partial charge in [0.1, 0.15) is 0 Å². The minimum atomic E-state index is -0.489. The van der Waals surface area contributed by atoms with E-state index in [0.29, 0.717) is 6.42 Å². The van der Waals surface area contributed by atoms with E-state index in [1.165, 1.54) is 0 Å². The van der Waals surface area contributed by atoms with Gasteiger partial charge in [-0.3, -0.25) is 4.79 Å². The largest absolute Gasteiger partial charge is 0.350 e. The molecule has 0 fully saturated rings. The maximum absolute atomic E-state index is 11.8. The first kappa shape index (κ1) is 15.2. The van der Waals surface area contributed by atoms with Gasteiger partial charge in [0.05, 0.1) is 6.04 Å². The number of carbonyl (C=O) groups excluding carboxylic acids is 1. The van der Waals surface area contributed by atoms with Crippen molar-refractivity contribution in [3.05, 3.63) is 12.7 Å². The van der Waals surface area contributed by atoms with E-state index in [9.17, 15) is 4.79 Å². The third kappa shape index (κ3) is 6.62. The van der Waals surface area contributed by atoms with Crippen LogP contribution in [0.25, 0.3) is 0 Å². The fraction of sp³-hybridized carbons (Fsp3) is 0.769. The van der Waals surface area contributed by atoms with E-state index >= 15 is 0 Å². The summed E-state index contributed by atoms with van der Waals surface area (Å²) >= 11 is 0. The molecule has 0 saturated heterocycles. The quantitative estimate of drug-likeness (QED) is 0.706. The van der Waals surface area contributed by atoms with Crippen LogP contribution in [0, 0.1) is 5.41 Å². The zero-order chi connectivity index (χ0) is 13.0. The van der Waals surface area contributed by atoms with Gasteiger partial charge in [-0.15, -0.1) is 6.58 Å². The lowest BCUT2D eigenvalue weighted by Crippen LogP contribution is -2.51. The number of hydrogen-bond acceptors (Lipinski definition) is 2. The van der Waals surface area contributed by atoms with Crippen LogP contribution in [-0.2, 0) is 4.79 Å². The molecule has 1 amide bonds. The van der Waals surface area contributed by atoms with Gasteiger partial charge < -0.3 is 11.1 Å². The maximum Gasteiger partial charge on any atom is 0.237 e. The predicted octanol–water partition coefficient (Wildman–Crippen LogP) is 2.22. The Hall–Kier alpha value is -0.830. The van der Waals surface area contributed by atoms with Crippen molar-refractivity contribution in [2.75, 3.05) is 0 Å². The maximum atomic E-state index is 11.8. The molecule has 0 bridgehead atoms. The van der Waals surface area contributed by atoms with Gasteiger partial charge in [-0.05, 0) is 32.1 Å². The van der Waals surface area contributed by atoms with Crippen molar-refractivity contribution < 1.29 is 4.79 Å². The average Bonchev–Trinajstić information content (AvgIpc) is 1.98. The van der Waals surface area contributed by atoms with Crippen LogP contribution in [0.4, 0.5) is 0 Å². The van der Waals surface area contributed by atoms with Crippen LogP contribution in [0.1, 0.15) is 47.5 Å². The lowest BCUT2D eigenvalue weighted by atomic mass is 9.81. The molecule has 0 aliphatic carbocycles. The van der Waals surface area contributed by atoms with E-state index in [1.54, 1.807) is 6.08 Å². The molecule has 1 unspecified atom stereocenters. The molecule has 94 valence electrons. The summed E-state index contributed by atoms with van der Waals surface area (Å²) in [7, 11) is 0. The zero-order valence-electron chi connectivity index (χ0n) is 11.3. The molecule has 0 aromatic rings. The van der Waals surface area contributed by atoms with Crippen LogP contribution in [0.15, 0.2) is 12.7 Å². The normalized spacial score (nSPS) is 14.4. The molecule has 0 aromatic carbocycles. The summed E-state index contributed by atoms with van der Waals surface area (Å²) in [5.74, 6) is -0.103. The summed E-state index contributed by atoms with van der Waals surface area (Å²) in [6.07, 6.45) is 3.09. The third-order valence-electron chi connectivity index (χ3n) is 2.19. The minimum absolute atomic E-state index is 0.103. The third-order valence-corrected chi connectivity index (χ3v) is 2.19. The van der Waals surface area contributed by atoms with Crippen LogP contribution >= 0.6 is 0 Å². The Bertz CT molecular complexity index is 251. The molecule has 1 atom stereocenters. The van der Waals surface area contributed by atoms with Gasteiger partial charge in [-0.25, -0.2) is 0 Å². The SMILES string of the molecule is C=CCC(N)C(=O)NC(C)(C)CC(C)(C)C. The van der Waals surface area contributed by atoms with Gasteiger partial charge in [0.2, 0.25) is 5.91 Å². The Morgan fingerprint density at radius 1 is 1.38 bits per heavy atom. The molecule has 0 aliphatic heterocycles. The fourth-order valence-electron chi connectivity index (χ4n) is 2.08. The Kier molecular flexibility index (Phi) is 5.20. The Labute approximate surface area is 99.5 Å². The van der Waals surface area contributed by atoms with Crippen molar-refractivity contribution in [3.8, 4) is 0 Å². The van der Waals surface area contributed by atoms with Crippen molar-refractivity contribution in [2.45, 2.75) is 59.0 Å². The van der Waals surface area contributed by atoms with Gasteiger partial charge in [-0.1, -0.05) is 26.8 Å². The van der Waals surface area contributed by atoms with Crippen molar-refractivity contribution >= 4 is 5.91 Å². The molecule has 0 aromatic heterocycles. The lowest BCUT2D eigenvalue weighted by Gasteiger charge is -2.34. The highest BCUT2D eigenvalue weighted by Gasteiger charge is 2.28. The number of carbonyl (C=O) groups is 1. The summed E-state index contributed by atoms with van der Waals surface area (Å²) in [5, 5.41) is 2.99. The lowest BCUT2D eigenvalue weighted by molar-refractivity contribution is -0.124. The molecule has 0 radical (unpaired) electrons. The van der Waals surface area contributed by atoms with Crippen molar-refractivity contribution in [1.82, 2.24) is 5.32 Å². The van der Waals surface area contributed by atoms with E-state index < -0.39 is 6.04 Å². The first-order valence-corrected chi connectivity index (χ1v) is 5.76. The molecular weight excluding hydrogens is 200 g/mol. The van der Waals surface area contributed by atoms with E-state index in [0.717, 1.165) is 6.42 Å². The highest BCUT2D eigenvalue weighted by Crippen LogP contribution is 2.26. The van der Waals surface area contributed by atoms with E-state index in [-0.39, 0.29) is 16.9 Å². The summed E-state index contributed by atoms with van der Waals surface area (Å²) in [6, 6.07) is -0.489. The molecular formula is C13H26N2O. The first-order valence-electron chi connectivity index (χ1n) is 5.76. The van der Waals surface area contributed by atoms with Crippen molar-refractivity contribution in [3.63, 3.8) is 0 Å². The van der Waals surface area contributed by atoms with Gasteiger partial charge in [0, 0.05) is 5.54 Å². The Morgan fingerprint density at radius 3 is 2.25 bits per heavy atom. The number of rotatable bonds is 5.